The van der Waals surface area contributed by atoms with E-state index in [1.165, 1.54) is 0 Å². The van der Waals surface area contributed by atoms with Crippen LogP contribution in [-0.2, 0) is 20.7 Å². The summed E-state index contributed by atoms with van der Waals surface area (Å²) >= 11 is 0. The van der Waals surface area contributed by atoms with Crippen LogP contribution in [0.1, 0.15) is 44.1 Å². The molecule has 2 aromatic carbocycles. The van der Waals surface area contributed by atoms with Crippen molar-refractivity contribution in [3.05, 3.63) is 47.8 Å². The van der Waals surface area contributed by atoms with Crippen molar-refractivity contribution in [2.45, 2.75) is 57.3 Å². The molecule has 2 aliphatic rings. The second-order valence-corrected chi connectivity index (χ2v) is 11.3. The molecule has 0 radical (unpaired) electrons. The van der Waals surface area contributed by atoms with Crippen molar-refractivity contribution in [1.29, 1.82) is 0 Å². The van der Waals surface area contributed by atoms with E-state index in [9.17, 15) is 14.7 Å². The number of carbonyl (C=O) groups is 2. The number of hydrogen-bond acceptors (Lipinski definition) is 9. The maximum Gasteiger partial charge on any atom is 0.306 e. The highest BCUT2D eigenvalue weighted by Gasteiger charge is 2.31. The van der Waals surface area contributed by atoms with Crippen molar-refractivity contribution in [3.63, 3.8) is 0 Å². The van der Waals surface area contributed by atoms with Crippen LogP contribution in [-0.4, -0.2) is 84.3 Å². The van der Waals surface area contributed by atoms with Gasteiger partial charge in [-0.05, 0) is 69.3 Å². The molecule has 226 valence electrons. The summed E-state index contributed by atoms with van der Waals surface area (Å²) in [6.45, 7) is 2.56. The number of carboxylic acids is 1. The quantitative estimate of drug-likeness (QED) is 0.290. The van der Waals surface area contributed by atoms with Crippen molar-refractivity contribution in [3.8, 4) is 5.75 Å². The predicted molar refractivity (Wildman–Crippen MR) is 156 cm³/mol. The molecule has 1 aliphatic heterocycles. The Morgan fingerprint density at radius 2 is 1.90 bits per heavy atom. The van der Waals surface area contributed by atoms with Crippen LogP contribution in [0.4, 0.5) is 16.1 Å². The van der Waals surface area contributed by atoms with E-state index in [1.54, 1.807) is 31.4 Å². The van der Waals surface area contributed by atoms with E-state index < -0.39 is 11.8 Å². The highest BCUT2D eigenvalue weighted by molar-refractivity contribution is 5.85. The van der Waals surface area contributed by atoms with Gasteiger partial charge < -0.3 is 24.3 Å². The Kier molecular flexibility index (Phi) is 9.71. The Morgan fingerprint density at radius 3 is 2.62 bits per heavy atom. The third-order valence-electron chi connectivity index (χ3n) is 8.15. The summed E-state index contributed by atoms with van der Waals surface area (Å²) in [4.78, 5) is 32.9. The molecule has 1 unspecified atom stereocenters. The number of ether oxygens (including phenoxy) is 2. The fourth-order valence-corrected chi connectivity index (χ4v) is 5.90. The summed E-state index contributed by atoms with van der Waals surface area (Å²) in [7, 11) is 3.43. The van der Waals surface area contributed by atoms with Gasteiger partial charge in [0.1, 0.15) is 17.5 Å². The molecule has 1 saturated heterocycles. The van der Waals surface area contributed by atoms with E-state index in [1.807, 2.05) is 24.1 Å². The number of para-hydroxylation sites is 2. The number of nitrogens with one attached hydrogen (secondary N) is 1. The van der Waals surface area contributed by atoms with Gasteiger partial charge in [0.05, 0.1) is 31.4 Å². The molecule has 1 aliphatic carbocycles. The first-order valence-electron chi connectivity index (χ1n) is 14.6. The van der Waals surface area contributed by atoms with Crippen LogP contribution in [0.15, 0.2) is 40.8 Å². The van der Waals surface area contributed by atoms with Crippen molar-refractivity contribution in [2.75, 3.05) is 45.7 Å². The van der Waals surface area contributed by atoms with Crippen LogP contribution in [0.3, 0.4) is 0 Å². The molecule has 2 fully saturated rings. The van der Waals surface area contributed by atoms with Gasteiger partial charge in [-0.25, -0.2) is 4.39 Å². The van der Waals surface area contributed by atoms with Gasteiger partial charge in [0, 0.05) is 26.1 Å². The number of halogens is 1. The van der Waals surface area contributed by atoms with E-state index in [0.717, 1.165) is 38.8 Å². The van der Waals surface area contributed by atoms with Crippen LogP contribution in [0.25, 0.3) is 11.1 Å². The van der Waals surface area contributed by atoms with Gasteiger partial charge in [0.25, 0.3) is 6.01 Å². The number of carbonyl (C=O) groups excluding carboxylic acids is 1. The van der Waals surface area contributed by atoms with Gasteiger partial charge in [-0.2, -0.15) is 4.98 Å². The number of oxazole rings is 1. The first-order valence-corrected chi connectivity index (χ1v) is 14.6. The number of nitrogens with zero attached hydrogens (tertiary/aromatic N) is 3. The molecule has 1 atom stereocenters. The molecule has 2 N–H and O–H groups in total. The SMILES string of the molecule is COc1ccccc1Nc1nc2ccc(CC(=O)CN(C)CC(OC3CCC(C(=O)O)CC3)N3CCCC3)c(F)c2o1. The first kappa shape index (κ1) is 29.9. The van der Waals surface area contributed by atoms with Crippen LogP contribution < -0.4 is 10.1 Å². The number of anilines is 2. The van der Waals surface area contributed by atoms with Gasteiger partial charge in [0.2, 0.25) is 0 Å². The molecule has 3 aromatic rings. The zero-order valence-electron chi connectivity index (χ0n) is 24.2. The number of fused-ring (bicyclic) bond motifs is 1. The van der Waals surface area contributed by atoms with Gasteiger partial charge in [0.15, 0.2) is 17.2 Å². The molecule has 2 heterocycles. The Balaban J connectivity index is 1.19. The largest absolute Gasteiger partial charge is 0.495 e. The summed E-state index contributed by atoms with van der Waals surface area (Å²) in [6.07, 6.45) is 4.68. The number of Topliss-reactive ketones (excluding diaryl/α,β-unsaturated/α-hetero) is 1. The number of carboxylic acid groups (broad SMARTS) is 1. The molecule has 1 aromatic heterocycles. The third-order valence-corrected chi connectivity index (χ3v) is 8.15. The summed E-state index contributed by atoms with van der Waals surface area (Å²) in [6, 6.07) is 10.6. The number of likely N-dealkylation sites (tertiary alicyclic amines) is 1. The zero-order chi connectivity index (χ0) is 29.6. The third kappa shape index (κ3) is 7.26. The molecule has 0 bridgehead atoms. The highest BCUT2D eigenvalue weighted by Crippen LogP contribution is 2.31. The van der Waals surface area contributed by atoms with E-state index in [2.05, 4.69) is 15.2 Å². The number of rotatable bonds is 13. The number of hydrogen-bond donors (Lipinski definition) is 2. The standard InChI is InChI=1S/C31H39FN4O6/c1-35(19-27(36-15-5-6-16-36)41-23-12-9-20(10-13-23)30(38)39)18-22(37)17-21-11-14-25-29(28(21)32)42-31(34-25)33-24-7-3-4-8-26(24)40-2/h3-4,7-8,11,14,20,23,27H,5-6,9-10,12-13,15-19H2,1-2H3,(H,33,34)(H,38,39). The Bertz CT molecular complexity index is 1380. The average molecular weight is 583 g/mol. The maximum absolute atomic E-state index is 15.4. The van der Waals surface area contributed by atoms with E-state index in [0.29, 0.717) is 36.3 Å². The fourth-order valence-electron chi connectivity index (χ4n) is 5.90. The molecular weight excluding hydrogens is 543 g/mol. The lowest BCUT2D eigenvalue weighted by Crippen LogP contribution is -2.46. The van der Waals surface area contributed by atoms with Crippen molar-refractivity contribution in [2.24, 2.45) is 5.92 Å². The molecular formula is C31H39FN4O6. The molecule has 5 rings (SSSR count). The molecule has 0 amide bonds. The normalized spacial score (nSPS) is 20.2. The maximum atomic E-state index is 15.4. The van der Waals surface area contributed by atoms with E-state index in [4.69, 9.17) is 13.9 Å². The molecule has 1 saturated carbocycles. The number of methoxy groups -OCH3 is 1. The smallest absolute Gasteiger partial charge is 0.306 e. The Morgan fingerprint density at radius 1 is 1.17 bits per heavy atom. The Labute approximate surface area is 244 Å². The van der Waals surface area contributed by atoms with Crippen LogP contribution >= 0.6 is 0 Å². The molecule has 0 spiro atoms. The Hall–Kier alpha value is -3.54. The van der Waals surface area contributed by atoms with Crippen LogP contribution in [0.2, 0.25) is 0 Å². The number of likely N-dealkylation sites (N-methyl/N-ethyl adjacent to an activating group) is 1. The lowest BCUT2D eigenvalue weighted by Gasteiger charge is -2.36. The minimum absolute atomic E-state index is 0.00818. The van der Waals surface area contributed by atoms with Gasteiger partial charge >= 0.3 is 5.97 Å². The van der Waals surface area contributed by atoms with Crippen LogP contribution in [0, 0.1) is 11.7 Å². The number of benzene rings is 2. The summed E-state index contributed by atoms with van der Waals surface area (Å²) in [5, 5.41) is 12.3. The van der Waals surface area contributed by atoms with E-state index in [-0.39, 0.29) is 54.2 Å². The number of aromatic nitrogens is 1. The second-order valence-electron chi connectivity index (χ2n) is 11.3. The monoisotopic (exact) mass is 582 g/mol. The summed E-state index contributed by atoms with van der Waals surface area (Å²) in [5.74, 6) is -1.14. The number of aliphatic carboxylic acids is 1. The number of ketones is 1. The van der Waals surface area contributed by atoms with Gasteiger partial charge in [-0.15, -0.1) is 0 Å². The molecule has 10 nitrogen and oxygen atoms in total. The first-order chi connectivity index (χ1) is 20.3. The van der Waals surface area contributed by atoms with E-state index >= 15 is 4.39 Å². The van der Waals surface area contributed by atoms with Crippen molar-refractivity contribution >= 4 is 34.6 Å². The summed E-state index contributed by atoms with van der Waals surface area (Å²) in [5.41, 5.74) is 1.23. The second kappa shape index (κ2) is 13.6. The van der Waals surface area contributed by atoms with Gasteiger partial charge in [-0.3, -0.25) is 19.4 Å². The van der Waals surface area contributed by atoms with Crippen molar-refractivity contribution in [1.82, 2.24) is 14.8 Å². The van der Waals surface area contributed by atoms with Crippen molar-refractivity contribution < 1.29 is 33.0 Å². The highest BCUT2D eigenvalue weighted by atomic mass is 19.1. The molecule has 11 heteroatoms. The average Bonchev–Trinajstić information content (AvgIpc) is 3.66. The fraction of sp³-hybridized carbons (Fsp3) is 0.516. The zero-order valence-corrected chi connectivity index (χ0v) is 24.2. The lowest BCUT2D eigenvalue weighted by atomic mass is 9.87. The predicted octanol–water partition coefficient (Wildman–Crippen LogP) is 4.84. The topological polar surface area (TPSA) is 117 Å². The minimum atomic E-state index is -0.730. The molecule has 42 heavy (non-hydrogen) atoms. The minimum Gasteiger partial charge on any atom is -0.495 e. The lowest BCUT2D eigenvalue weighted by molar-refractivity contribution is -0.146. The van der Waals surface area contributed by atoms with Crippen LogP contribution in [0.5, 0.6) is 5.75 Å². The van der Waals surface area contributed by atoms with Gasteiger partial charge in [-0.1, -0.05) is 18.2 Å². The summed E-state index contributed by atoms with van der Waals surface area (Å²) < 4.78 is 32.9.